The van der Waals surface area contributed by atoms with Crippen LogP contribution in [0.4, 0.5) is 5.69 Å². The van der Waals surface area contributed by atoms with Crippen LogP contribution in [0.2, 0.25) is 0 Å². The zero-order valence-electron chi connectivity index (χ0n) is 12.9. The number of hydrogen-bond donors (Lipinski definition) is 0. The topological polar surface area (TPSA) is 51.0 Å². The molecule has 0 aliphatic rings. The first-order valence-electron chi connectivity index (χ1n) is 7.23. The van der Waals surface area contributed by atoms with Gasteiger partial charge < -0.3 is 4.74 Å². The molecule has 2 aromatic rings. The van der Waals surface area contributed by atoms with Gasteiger partial charge in [0, 0.05) is 13.3 Å². The molecule has 0 aliphatic carbocycles. The molecule has 4 nitrogen and oxygen atoms in total. The number of rotatable bonds is 6. The van der Waals surface area contributed by atoms with Gasteiger partial charge in [-0.15, -0.1) is 0 Å². The van der Waals surface area contributed by atoms with Gasteiger partial charge in [0.2, 0.25) is 0 Å². The van der Waals surface area contributed by atoms with Gasteiger partial charge in [0.1, 0.15) is 12.1 Å². The predicted octanol–water partition coefficient (Wildman–Crippen LogP) is 4.33. The van der Waals surface area contributed by atoms with E-state index in [0.717, 1.165) is 11.3 Å². The molecule has 0 amide bonds. The minimum absolute atomic E-state index is 0.202. The van der Waals surface area contributed by atoms with Crippen LogP contribution in [0.1, 0.15) is 19.4 Å². The summed E-state index contributed by atoms with van der Waals surface area (Å²) in [5.74, 6) is -0.311. The summed E-state index contributed by atoms with van der Waals surface area (Å²) in [6.45, 7) is 3.54. The Morgan fingerprint density at radius 3 is 2.23 bits per heavy atom. The fourth-order valence-corrected chi connectivity index (χ4v) is 2.08. The number of esters is 1. The summed E-state index contributed by atoms with van der Waals surface area (Å²) in [7, 11) is 0. The lowest BCUT2D eigenvalue weighted by Gasteiger charge is -2.23. The molecule has 22 heavy (non-hydrogen) atoms. The third-order valence-electron chi connectivity index (χ3n) is 3.18. The van der Waals surface area contributed by atoms with Crippen molar-refractivity contribution in [1.29, 1.82) is 0 Å². The lowest BCUT2D eigenvalue weighted by molar-refractivity contribution is -0.142. The van der Waals surface area contributed by atoms with Crippen molar-refractivity contribution in [2.45, 2.75) is 25.8 Å². The van der Waals surface area contributed by atoms with E-state index in [-0.39, 0.29) is 12.6 Å². The zero-order valence-corrected chi connectivity index (χ0v) is 12.9. The summed E-state index contributed by atoms with van der Waals surface area (Å²) in [4.78, 5) is 11.1. The van der Waals surface area contributed by atoms with Crippen molar-refractivity contribution in [3.63, 3.8) is 0 Å². The monoisotopic (exact) mass is 296 g/mol. The number of ether oxygens (including phenoxy) is 1. The Labute approximate surface area is 130 Å². The fraction of sp³-hybridized carbons (Fsp3) is 0.278. The van der Waals surface area contributed by atoms with Gasteiger partial charge in [-0.3, -0.25) is 4.79 Å². The van der Waals surface area contributed by atoms with E-state index < -0.39 is 5.54 Å². The highest BCUT2D eigenvalue weighted by molar-refractivity contribution is 5.66. The number of hydrogen-bond acceptors (Lipinski definition) is 4. The van der Waals surface area contributed by atoms with Crippen LogP contribution < -0.4 is 0 Å². The molecule has 114 valence electrons. The first-order chi connectivity index (χ1) is 10.6. The van der Waals surface area contributed by atoms with E-state index in [4.69, 9.17) is 4.74 Å². The van der Waals surface area contributed by atoms with E-state index in [1.54, 1.807) is 0 Å². The molecule has 0 spiro atoms. The molecular weight excluding hydrogens is 276 g/mol. The van der Waals surface area contributed by atoms with Crippen molar-refractivity contribution in [3.8, 4) is 0 Å². The lowest BCUT2D eigenvalue weighted by atomic mass is 9.95. The molecule has 0 bridgehead atoms. The highest BCUT2D eigenvalue weighted by Crippen LogP contribution is 2.22. The van der Waals surface area contributed by atoms with Crippen molar-refractivity contribution in [1.82, 2.24) is 0 Å². The summed E-state index contributed by atoms with van der Waals surface area (Å²) >= 11 is 0. The molecule has 4 heteroatoms. The van der Waals surface area contributed by atoms with E-state index in [0.29, 0.717) is 6.42 Å². The highest BCUT2D eigenvalue weighted by Gasteiger charge is 2.26. The van der Waals surface area contributed by atoms with Crippen molar-refractivity contribution < 1.29 is 9.53 Å². The van der Waals surface area contributed by atoms with Gasteiger partial charge in [-0.25, -0.2) is 0 Å². The van der Waals surface area contributed by atoms with Gasteiger partial charge >= 0.3 is 5.97 Å². The summed E-state index contributed by atoms with van der Waals surface area (Å²) in [5.41, 5.74) is 1.32. The maximum atomic E-state index is 11.1. The largest absolute Gasteiger partial charge is 0.463 e. The number of nitrogens with zero attached hydrogens (tertiary/aromatic N) is 2. The number of carbonyl (C=O) groups excluding carboxylic acids is 1. The first kappa shape index (κ1) is 15.9. The molecular formula is C18H20N2O2. The smallest absolute Gasteiger partial charge is 0.302 e. The number of carbonyl (C=O) groups is 1. The lowest BCUT2D eigenvalue weighted by Crippen LogP contribution is -2.32. The standard InChI is InChI=1S/C18H20N2O2/c1-15(21)22-14-18(2,13-16-9-5-3-6-10-16)20-19-17-11-7-4-8-12-17/h3-12H,13-14H2,1-2H3. The highest BCUT2D eigenvalue weighted by atomic mass is 16.5. The maximum absolute atomic E-state index is 11.1. The van der Waals surface area contributed by atoms with Crippen LogP contribution in [-0.2, 0) is 16.0 Å². The second-order valence-electron chi connectivity index (χ2n) is 5.48. The van der Waals surface area contributed by atoms with E-state index in [9.17, 15) is 4.79 Å². The Bertz CT molecular complexity index is 626. The van der Waals surface area contributed by atoms with Crippen LogP contribution in [-0.4, -0.2) is 18.1 Å². The average Bonchev–Trinajstić information content (AvgIpc) is 2.53. The summed E-state index contributed by atoms with van der Waals surface area (Å²) in [6.07, 6.45) is 0.650. The van der Waals surface area contributed by atoms with E-state index in [1.807, 2.05) is 67.6 Å². The van der Waals surface area contributed by atoms with E-state index in [1.165, 1.54) is 6.92 Å². The van der Waals surface area contributed by atoms with E-state index in [2.05, 4.69) is 10.2 Å². The number of azo groups is 1. The van der Waals surface area contributed by atoms with Gasteiger partial charge in [-0.1, -0.05) is 48.5 Å². The molecule has 0 aliphatic heterocycles. The van der Waals surface area contributed by atoms with Gasteiger partial charge in [0.15, 0.2) is 0 Å². The normalized spacial score (nSPS) is 13.7. The van der Waals surface area contributed by atoms with Gasteiger partial charge in [-0.2, -0.15) is 10.2 Å². The Kier molecular flexibility index (Phi) is 5.42. The predicted molar refractivity (Wildman–Crippen MR) is 86.1 cm³/mol. The maximum Gasteiger partial charge on any atom is 0.302 e. The minimum atomic E-state index is -0.594. The zero-order chi connectivity index (χ0) is 15.8. The first-order valence-corrected chi connectivity index (χ1v) is 7.23. The van der Waals surface area contributed by atoms with Crippen LogP contribution >= 0.6 is 0 Å². The molecule has 0 fully saturated rings. The van der Waals surface area contributed by atoms with Crippen LogP contribution in [0, 0.1) is 0 Å². The molecule has 1 unspecified atom stereocenters. The molecule has 0 saturated heterocycles. The minimum Gasteiger partial charge on any atom is -0.463 e. The van der Waals surface area contributed by atoms with Crippen LogP contribution in [0.5, 0.6) is 0 Å². The molecule has 2 aromatic carbocycles. The molecule has 0 N–H and O–H groups in total. The van der Waals surface area contributed by atoms with Crippen LogP contribution in [0.3, 0.4) is 0 Å². The van der Waals surface area contributed by atoms with Crippen molar-refractivity contribution in [3.05, 3.63) is 66.2 Å². The van der Waals surface area contributed by atoms with Crippen molar-refractivity contribution >= 4 is 11.7 Å². The summed E-state index contributed by atoms with van der Waals surface area (Å²) in [6, 6.07) is 19.5. The van der Waals surface area contributed by atoms with Crippen LogP contribution in [0.15, 0.2) is 70.9 Å². The second-order valence-corrected chi connectivity index (χ2v) is 5.48. The van der Waals surface area contributed by atoms with Crippen molar-refractivity contribution in [2.75, 3.05) is 6.61 Å². The molecule has 0 saturated carbocycles. The molecule has 2 rings (SSSR count). The third-order valence-corrected chi connectivity index (χ3v) is 3.18. The quantitative estimate of drug-likeness (QED) is 0.588. The average molecular weight is 296 g/mol. The Morgan fingerprint density at radius 1 is 1.05 bits per heavy atom. The van der Waals surface area contributed by atoms with Crippen molar-refractivity contribution in [2.24, 2.45) is 10.2 Å². The molecule has 0 radical (unpaired) electrons. The molecule has 0 aromatic heterocycles. The Hall–Kier alpha value is -2.49. The van der Waals surface area contributed by atoms with Gasteiger partial charge in [-0.05, 0) is 24.6 Å². The Morgan fingerprint density at radius 2 is 1.64 bits per heavy atom. The summed E-state index contributed by atoms with van der Waals surface area (Å²) < 4.78 is 5.17. The fourth-order valence-electron chi connectivity index (χ4n) is 2.08. The third kappa shape index (κ3) is 5.13. The van der Waals surface area contributed by atoms with Gasteiger partial charge in [0.25, 0.3) is 0 Å². The van der Waals surface area contributed by atoms with Gasteiger partial charge in [0.05, 0.1) is 5.69 Å². The number of benzene rings is 2. The molecule has 0 heterocycles. The van der Waals surface area contributed by atoms with E-state index >= 15 is 0 Å². The second kappa shape index (κ2) is 7.50. The SMILES string of the molecule is CC(=O)OCC(C)(Cc1ccccc1)N=Nc1ccccc1. The summed E-state index contributed by atoms with van der Waals surface area (Å²) in [5, 5.41) is 8.73. The van der Waals surface area contributed by atoms with Crippen LogP contribution in [0.25, 0.3) is 0 Å². The Balaban J connectivity index is 2.17. The molecule has 1 atom stereocenters.